The van der Waals surface area contributed by atoms with Crippen molar-refractivity contribution < 1.29 is 14.3 Å². The van der Waals surface area contributed by atoms with Crippen molar-refractivity contribution in [1.29, 1.82) is 0 Å². The number of carboxylic acid groups (broad SMARTS) is 1. The standard InChI is InChI=1S/C12H15N5O3/c1-7-8(2)20-11(13-7)6-16-3-9(4-16)17-5-10(12(18)19)14-15-17/h5,9H,3-4,6H2,1-2H3,(H,18,19). The summed E-state index contributed by atoms with van der Waals surface area (Å²) in [6, 6.07) is 0.160. The van der Waals surface area contributed by atoms with Gasteiger partial charge in [-0.15, -0.1) is 5.10 Å². The fourth-order valence-electron chi connectivity index (χ4n) is 2.19. The lowest BCUT2D eigenvalue weighted by atomic mass is 10.1. The molecule has 3 rings (SSSR count). The van der Waals surface area contributed by atoms with Gasteiger partial charge < -0.3 is 9.52 Å². The summed E-state index contributed by atoms with van der Waals surface area (Å²) in [6.07, 6.45) is 1.46. The summed E-state index contributed by atoms with van der Waals surface area (Å²) >= 11 is 0. The van der Waals surface area contributed by atoms with E-state index in [2.05, 4.69) is 20.2 Å². The molecule has 0 aromatic carbocycles. The average Bonchev–Trinajstić information content (AvgIpc) is 2.92. The van der Waals surface area contributed by atoms with Gasteiger partial charge in [0.15, 0.2) is 5.69 Å². The molecule has 0 spiro atoms. The Labute approximate surface area is 115 Å². The van der Waals surface area contributed by atoms with E-state index in [9.17, 15) is 4.79 Å². The average molecular weight is 277 g/mol. The van der Waals surface area contributed by atoms with Crippen LogP contribution in [-0.4, -0.2) is 49.0 Å². The first-order chi connectivity index (χ1) is 9.52. The molecule has 2 aromatic heterocycles. The van der Waals surface area contributed by atoms with Crippen LogP contribution in [0.4, 0.5) is 0 Å². The third-order valence-corrected chi connectivity index (χ3v) is 3.47. The normalized spacial score (nSPS) is 16.3. The second-order valence-corrected chi connectivity index (χ2v) is 4.99. The molecule has 20 heavy (non-hydrogen) atoms. The molecule has 0 saturated carbocycles. The fraction of sp³-hybridized carbons (Fsp3) is 0.500. The minimum atomic E-state index is -1.06. The van der Waals surface area contributed by atoms with E-state index in [1.54, 1.807) is 4.68 Å². The smallest absolute Gasteiger partial charge is 0.358 e. The van der Waals surface area contributed by atoms with Gasteiger partial charge in [0.2, 0.25) is 5.89 Å². The highest BCUT2D eigenvalue weighted by Gasteiger charge is 2.30. The van der Waals surface area contributed by atoms with Crippen LogP contribution in [0.3, 0.4) is 0 Å². The molecule has 2 aromatic rings. The SMILES string of the molecule is Cc1nc(CN2CC(n3cc(C(=O)O)nn3)C2)oc1C. The highest BCUT2D eigenvalue weighted by molar-refractivity contribution is 5.84. The van der Waals surface area contributed by atoms with Crippen molar-refractivity contribution in [3.8, 4) is 0 Å². The summed E-state index contributed by atoms with van der Waals surface area (Å²) in [7, 11) is 0. The zero-order valence-electron chi connectivity index (χ0n) is 11.3. The molecule has 0 atom stereocenters. The summed E-state index contributed by atoms with van der Waals surface area (Å²) in [5, 5.41) is 16.2. The Kier molecular flexibility index (Phi) is 3.01. The van der Waals surface area contributed by atoms with E-state index in [0.717, 1.165) is 24.5 Å². The zero-order chi connectivity index (χ0) is 14.3. The van der Waals surface area contributed by atoms with E-state index in [1.165, 1.54) is 6.20 Å². The number of rotatable bonds is 4. The van der Waals surface area contributed by atoms with Crippen LogP contribution in [0, 0.1) is 13.8 Å². The first-order valence-corrected chi connectivity index (χ1v) is 6.33. The second-order valence-electron chi connectivity index (χ2n) is 4.99. The maximum Gasteiger partial charge on any atom is 0.358 e. The van der Waals surface area contributed by atoms with Gasteiger partial charge in [0.25, 0.3) is 0 Å². The molecule has 1 fully saturated rings. The van der Waals surface area contributed by atoms with Crippen LogP contribution in [0.25, 0.3) is 0 Å². The molecule has 0 bridgehead atoms. The molecule has 0 amide bonds. The lowest BCUT2D eigenvalue weighted by Gasteiger charge is -2.37. The molecule has 1 aliphatic rings. The number of nitrogens with zero attached hydrogens (tertiary/aromatic N) is 5. The van der Waals surface area contributed by atoms with Crippen molar-refractivity contribution in [2.45, 2.75) is 26.4 Å². The number of hydrogen-bond acceptors (Lipinski definition) is 6. The predicted molar refractivity (Wildman–Crippen MR) is 67.3 cm³/mol. The first-order valence-electron chi connectivity index (χ1n) is 6.33. The Morgan fingerprint density at radius 1 is 1.50 bits per heavy atom. The number of hydrogen-bond donors (Lipinski definition) is 1. The molecular formula is C12H15N5O3. The molecular weight excluding hydrogens is 262 g/mol. The van der Waals surface area contributed by atoms with Crippen molar-refractivity contribution >= 4 is 5.97 Å². The molecule has 8 nitrogen and oxygen atoms in total. The van der Waals surface area contributed by atoms with Crippen molar-refractivity contribution in [2.75, 3.05) is 13.1 Å². The Bertz CT molecular complexity index is 622. The predicted octanol–water partition coefficient (Wildman–Crippen LogP) is 0.638. The Morgan fingerprint density at radius 3 is 2.80 bits per heavy atom. The molecule has 0 aliphatic carbocycles. The first kappa shape index (κ1) is 12.8. The van der Waals surface area contributed by atoms with Crippen LogP contribution in [0.15, 0.2) is 10.6 Å². The van der Waals surface area contributed by atoms with E-state index in [4.69, 9.17) is 9.52 Å². The molecule has 3 heterocycles. The number of likely N-dealkylation sites (tertiary alicyclic amines) is 1. The van der Waals surface area contributed by atoms with Gasteiger partial charge in [-0.1, -0.05) is 5.21 Å². The highest BCUT2D eigenvalue weighted by Crippen LogP contribution is 2.23. The van der Waals surface area contributed by atoms with E-state index >= 15 is 0 Å². The van der Waals surface area contributed by atoms with Gasteiger partial charge in [-0.05, 0) is 13.8 Å². The second kappa shape index (κ2) is 4.71. The Balaban J connectivity index is 1.56. The lowest BCUT2D eigenvalue weighted by Crippen LogP contribution is -2.47. The van der Waals surface area contributed by atoms with Gasteiger partial charge in [-0.3, -0.25) is 4.90 Å². The van der Waals surface area contributed by atoms with Crippen LogP contribution >= 0.6 is 0 Å². The fourth-order valence-corrected chi connectivity index (χ4v) is 2.19. The van der Waals surface area contributed by atoms with E-state index in [0.29, 0.717) is 12.4 Å². The van der Waals surface area contributed by atoms with Gasteiger partial charge in [-0.2, -0.15) is 0 Å². The van der Waals surface area contributed by atoms with Crippen molar-refractivity contribution in [3.05, 3.63) is 29.2 Å². The third kappa shape index (κ3) is 2.29. The van der Waals surface area contributed by atoms with E-state index in [-0.39, 0.29) is 11.7 Å². The monoisotopic (exact) mass is 277 g/mol. The number of oxazole rings is 1. The summed E-state index contributed by atoms with van der Waals surface area (Å²) in [5.41, 5.74) is 0.891. The van der Waals surface area contributed by atoms with Crippen LogP contribution in [-0.2, 0) is 6.54 Å². The quantitative estimate of drug-likeness (QED) is 0.875. The van der Waals surface area contributed by atoms with Crippen LogP contribution < -0.4 is 0 Å². The lowest BCUT2D eigenvalue weighted by molar-refractivity contribution is 0.0689. The Morgan fingerprint density at radius 2 is 2.25 bits per heavy atom. The molecule has 8 heteroatoms. The van der Waals surface area contributed by atoms with Gasteiger partial charge in [0, 0.05) is 13.1 Å². The topological polar surface area (TPSA) is 97.3 Å². The summed E-state index contributed by atoms with van der Waals surface area (Å²) in [5.74, 6) is 0.501. The molecule has 1 aliphatic heterocycles. The van der Waals surface area contributed by atoms with E-state index < -0.39 is 5.97 Å². The number of carbonyl (C=O) groups is 1. The third-order valence-electron chi connectivity index (χ3n) is 3.47. The van der Waals surface area contributed by atoms with Gasteiger partial charge in [-0.25, -0.2) is 14.5 Å². The van der Waals surface area contributed by atoms with Crippen molar-refractivity contribution in [2.24, 2.45) is 0 Å². The van der Waals surface area contributed by atoms with Gasteiger partial charge in [0.1, 0.15) is 5.76 Å². The summed E-state index contributed by atoms with van der Waals surface area (Å²) < 4.78 is 7.14. The summed E-state index contributed by atoms with van der Waals surface area (Å²) in [6.45, 7) is 6.04. The van der Waals surface area contributed by atoms with Gasteiger partial charge >= 0.3 is 5.97 Å². The number of aryl methyl sites for hydroxylation is 2. The largest absolute Gasteiger partial charge is 0.476 e. The molecule has 106 valence electrons. The number of carboxylic acids is 1. The van der Waals surface area contributed by atoms with Crippen molar-refractivity contribution in [1.82, 2.24) is 24.9 Å². The zero-order valence-corrected chi connectivity index (χ0v) is 11.3. The minimum Gasteiger partial charge on any atom is -0.476 e. The molecule has 0 unspecified atom stereocenters. The van der Waals surface area contributed by atoms with E-state index in [1.807, 2.05) is 13.8 Å². The molecule has 1 saturated heterocycles. The number of aromatic carboxylic acids is 1. The Hall–Kier alpha value is -2.22. The maximum atomic E-state index is 10.7. The van der Waals surface area contributed by atoms with Crippen LogP contribution in [0.2, 0.25) is 0 Å². The summed E-state index contributed by atoms with van der Waals surface area (Å²) in [4.78, 5) is 17.2. The highest BCUT2D eigenvalue weighted by atomic mass is 16.4. The minimum absolute atomic E-state index is 0.0256. The maximum absolute atomic E-state index is 10.7. The number of aromatic nitrogens is 4. The molecule has 0 radical (unpaired) electrons. The van der Waals surface area contributed by atoms with Crippen molar-refractivity contribution in [3.63, 3.8) is 0 Å². The van der Waals surface area contributed by atoms with Crippen LogP contribution in [0.1, 0.15) is 33.9 Å². The molecule has 1 N–H and O–H groups in total. The van der Waals surface area contributed by atoms with Gasteiger partial charge in [0.05, 0.1) is 24.5 Å². The van der Waals surface area contributed by atoms with Crippen LogP contribution in [0.5, 0.6) is 0 Å².